The van der Waals surface area contributed by atoms with Crippen LogP contribution >= 0.6 is 0 Å². The van der Waals surface area contributed by atoms with Gasteiger partial charge >= 0.3 is 0 Å². The number of hydrogen-bond acceptors (Lipinski definition) is 2. The number of aryl methyl sites for hydroxylation is 1. The summed E-state index contributed by atoms with van der Waals surface area (Å²) in [5.74, 6) is 0.305. The molecule has 0 aliphatic heterocycles. The molecule has 0 amide bonds. The summed E-state index contributed by atoms with van der Waals surface area (Å²) in [5, 5.41) is 10.6. The topological polar surface area (TPSA) is 51.2 Å². The van der Waals surface area contributed by atoms with Crippen LogP contribution in [0.5, 0.6) is 5.75 Å². The van der Waals surface area contributed by atoms with Crippen LogP contribution in [-0.2, 0) is 13.6 Å². The summed E-state index contributed by atoms with van der Waals surface area (Å²) in [4.78, 5) is 0. The Morgan fingerprint density at radius 2 is 2.23 bits per heavy atom. The first-order valence-corrected chi connectivity index (χ1v) is 4.20. The van der Waals surface area contributed by atoms with Crippen LogP contribution in [0.25, 0.3) is 10.9 Å². The summed E-state index contributed by atoms with van der Waals surface area (Å²) in [7, 11) is 1.91. The van der Waals surface area contributed by atoms with Crippen molar-refractivity contribution in [1.29, 1.82) is 0 Å². The zero-order valence-corrected chi connectivity index (χ0v) is 7.49. The SMILES string of the molecule is Cn1c(CN)cc2cccc(O)c21. The first-order chi connectivity index (χ1) is 6.24. The average Bonchev–Trinajstić information content (AvgIpc) is 2.44. The van der Waals surface area contributed by atoms with Gasteiger partial charge in [0.1, 0.15) is 5.75 Å². The molecule has 3 N–H and O–H groups in total. The Kier molecular flexibility index (Phi) is 1.74. The van der Waals surface area contributed by atoms with Gasteiger partial charge in [-0.05, 0) is 12.1 Å². The third-order valence-electron chi connectivity index (χ3n) is 2.34. The Bertz CT molecular complexity index is 445. The molecule has 0 spiro atoms. The Morgan fingerprint density at radius 1 is 1.46 bits per heavy atom. The summed E-state index contributed by atoms with van der Waals surface area (Å²) in [6.45, 7) is 0.491. The molecule has 0 atom stereocenters. The van der Waals surface area contributed by atoms with Gasteiger partial charge in [0.15, 0.2) is 0 Å². The molecule has 2 aromatic rings. The van der Waals surface area contributed by atoms with E-state index in [9.17, 15) is 5.11 Å². The van der Waals surface area contributed by atoms with Crippen molar-refractivity contribution in [2.24, 2.45) is 12.8 Å². The van der Waals surface area contributed by atoms with Gasteiger partial charge in [-0.15, -0.1) is 0 Å². The van der Waals surface area contributed by atoms with E-state index < -0.39 is 0 Å². The summed E-state index contributed by atoms with van der Waals surface area (Å²) in [6.07, 6.45) is 0. The highest BCUT2D eigenvalue weighted by Gasteiger charge is 2.06. The van der Waals surface area contributed by atoms with Crippen LogP contribution in [-0.4, -0.2) is 9.67 Å². The predicted octanol–water partition coefficient (Wildman–Crippen LogP) is 1.34. The molecule has 3 nitrogen and oxygen atoms in total. The van der Waals surface area contributed by atoms with Crippen molar-refractivity contribution < 1.29 is 5.11 Å². The Morgan fingerprint density at radius 3 is 2.85 bits per heavy atom. The number of hydrogen-bond donors (Lipinski definition) is 2. The highest BCUT2D eigenvalue weighted by atomic mass is 16.3. The molecule has 13 heavy (non-hydrogen) atoms. The third kappa shape index (κ3) is 1.09. The molecule has 0 radical (unpaired) electrons. The number of para-hydroxylation sites is 1. The molecule has 0 unspecified atom stereocenters. The number of phenolic OH excluding ortho intramolecular Hbond substituents is 1. The Labute approximate surface area is 76.4 Å². The number of aromatic nitrogens is 1. The number of nitrogens with zero attached hydrogens (tertiary/aromatic N) is 1. The maximum Gasteiger partial charge on any atom is 0.139 e. The van der Waals surface area contributed by atoms with Crippen LogP contribution in [0.4, 0.5) is 0 Å². The van der Waals surface area contributed by atoms with Gasteiger partial charge < -0.3 is 15.4 Å². The lowest BCUT2D eigenvalue weighted by atomic mass is 10.2. The van der Waals surface area contributed by atoms with Crippen molar-refractivity contribution in [3.8, 4) is 5.75 Å². The second-order valence-electron chi connectivity index (χ2n) is 3.11. The lowest BCUT2D eigenvalue weighted by molar-refractivity contribution is 0.478. The van der Waals surface area contributed by atoms with Crippen molar-refractivity contribution >= 4 is 10.9 Å². The number of fused-ring (bicyclic) bond motifs is 1. The van der Waals surface area contributed by atoms with Gasteiger partial charge in [-0.1, -0.05) is 12.1 Å². The summed E-state index contributed by atoms with van der Waals surface area (Å²) < 4.78 is 1.92. The summed E-state index contributed by atoms with van der Waals surface area (Å²) in [5.41, 5.74) is 7.44. The van der Waals surface area contributed by atoms with Crippen molar-refractivity contribution in [2.45, 2.75) is 6.54 Å². The Balaban J connectivity index is 2.85. The minimum Gasteiger partial charge on any atom is -0.506 e. The second-order valence-corrected chi connectivity index (χ2v) is 3.11. The maximum absolute atomic E-state index is 9.60. The van der Waals surface area contributed by atoms with E-state index in [1.165, 1.54) is 0 Å². The molecule has 3 heteroatoms. The van der Waals surface area contributed by atoms with E-state index in [-0.39, 0.29) is 0 Å². The molecule has 0 fully saturated rings. The molecule has 68 valence electrons. The molecular formula is C10H12N2O. The molecule has 1 aromatic carbocycles. The van der Waals surface area contributed by atoms with Crippen LogP contribution < -0.4 is 5.73 Å². The Hall–Kier alpha value is -1.48. The van der Waals surface area contributed by atoms with Crippen molar-refractivity contribution in [2.75, 3.05) is 0 Å². The minimum atomic E-state index is 0.305. The highest BCUT2D eigenvalue weighted by molar-refractivity contribution is 5.86. The fraction of sp³-hybridized carbons (Fsp3) is 0.200. The number of nitrogens with two attached hydrogens (primary N) is 1. The molecule has 0 bridgehead atoms. The van der Waals surface area contributed by atoms with Gasteiger partial charge in [-0.3, -0.25) is 0 Å². The van der Waals surface area contributed by atoms with Gasteiger partial charge in [0.05, 0.1) is 5.52 Å². The monoisotopic (exact) mass is 176 g/mol. The number of aromatic hydroxyl groups is 1. The zero-order chi connectivity index (χ0) is 9.42. The van der Waals surface area contributed by atoms with E-state index in [1.54, 1.807) is 6.07 Å². The largest absolute Gasteiger partial charge is 0.506 e. The molecule has 2 rings (SSSR count). The van der Waals surface area contributed by atoms with E-state index in [4.69, 9.17) is 5.73 Å². The first kappa shape index (κ1) is 8.13. The lowest BCUT2D eigenvalue weighted by Crippen LogP contribution is -2.02. The van der Waals surface area contributed by atoms with Crippen LogP contribution in [0.1, 0.15) is 5.69 Å². The van der Waals surface area contributed by atoms with Crippen molar-refractivity contribution in [1.82, 2.24) is 4.57 Å². The van der Waals surface area contributed by atoms with E-state index >= 15 is 0 Å². The molecule has 0 saturated carbocycles. The second kappa shape index (κ2) is 2.78. The molecule has 0 saturated heterocycles. The zero-order valence-electron chi connectivity index (χ0n) is 7.49. The van der Waals surface area contributed by atoms with E-state index in [1.807, 2.05) is 29.8 Å². The fourth-order valence-corrected chi connectivity index (χ4v) is 1.65. The van der Waals surface area contributed by atoms with Crippen molar-refractivity contribution in [3.63, 3.8) is 0 Å². The van der Waals surface area contributed by atoms with E-state index in [0.29, 0.717) is 12.3 Å². The smallest absolute Gasteiger partial charge is 0.139 e. The lowest BCUT2D eigenvalue weighted by Gasteiger charge is -2.01. The molecular weight excluding hydrogens is 164 g/mol. The average molecular weight is 176 g/mol. The van der Waals surface area contributed by atoms with Gasteiger partial charge in [0.2, 0.25) is 0 Å². The van der Waals surface area contributed by atoms with Crippen LogP contribution in [0, 0.1) is 0 Å². The quantitative estimate of drug-likeness (QED) is 0.689. The molecule has 0 aliphatic rings. The number of benzene rings is 1. The number of rotatable bonds is 1. The van der Waals surface area contributed by atoms with Crippen molar-refractivity contribution in [3.05, 3.63) is 30.0 Å². The van der Waals surface area contributed by atoms with Crippen LogP contribution in [0.15, 0.2) is 24.3 Å². The maximum atomic E-state index is 9.60. The standard InChI is InChI=1S/C10H12N2O/c1-12-8(6-11)5-7-3-2-4-9(13)10(7)12/h2-5,13H,6,11H2,1H3. The summed E-state index contributed by atoms with van der Waals surface area (Å²) in [6, 6.07) is 7.48. The van der Waals surface area contributed by atoms with Gasteiger partial charge in [0.25, 0.3) is 0 Å². The van der Waals surface area contributed by atoms with Gasteiger partial charge in [-0.25, -0.2) is 0 Å². The number of phenols is 1. The van der Waals surface area contributed by atoms with E-state index in [2.05, 4.69) is 0 Å². The summed E-state index contributed by atoms with van der Waals surface area (Å²) >= 11 is 0. The third-order valence-corrected chi connectivity index (χ3v) is 2.34. The molecule has 1 heterocycles. The van der Waals surface area contributed by atoms with E-state index in [0.717, 1.165) is 16.6 Å². The molecule has 1 aromatic heterocycles. The van der Waals surface area contributed by atoms with Gasteiger partial charge in [0, 0.05) is 24.7 Å². The molecule has 0 aliphatic carbocycles. The van der Waals surface area contributed by atoms with Crippen LogP contribution in [0.2, 0.25) is 0 Å². The first-order valence-electron chi connectivity index (χ1n) is 4.20. The minimum absolute atomic E-state index is 0.305. The van der Waals surface area contributed by atoms with Crippen LogP contribution in [0.3, 0.4) is 0 Å². The highest BCUT2D eigenvalue weighted by Crippen LogP contribution is 2.26. The predicted molar refractivity (Wildman–Crippen MR) is 52.5 cm³/mol. The fourth-order valence-electron chi connectivity index (χ4n) is 1.65. The van der Waals surface area contributed by atoms with Gasteiger partial charge in [-0.2, -0.15) is 0 Å². The normalized spacial score (nSPS) is 10.9.